The standard InChI is InChI=1S/C17H30N2O/c1-6-16(18-7-2)14-9-11-15(12-10-14)19(8-3)13-17(4,5)20/h9-12,16,18,20H,6-8,13H2,1-5H3. The van der Waals surface area contributed by atoms with Gasteiger partial charge >= 0.3 is 0 Å². The van der Waals surface area contributed by atoms with Gasteiger partial charge in [-0.3, -0.25) is 0 Å². The Hall–Kier alpha value is -1.06. The molecule has 0 saturated heterocycles. The third-order valence-electron chi connectivity index (χ3n) is 3.48. The SMILES string of the molecule is CCNC(CC)c1ccc(N(CC)CC(C)(C)O)cc1. The zero-order valence-electron chi connectivity index (χ0n) is 13.6. The van der Waals surface area contributed by atoms with Crippen LogP contribution in [0.5, 0.6) is 0 Å². The minimum absolute atomic E-state index is 0.429. The van der Waals surface area contributed by atoms with E-state index in [0.717, 1.165) is 19.5 Å². The highest BCUT2D eigenvalue weighted by molar-refractivity contribution is 5.48. The first-order valence-corrected chi connectivity index (χ1v) is 7.72. The van der Waals surface area contributed by atoms with Crippen LogP contribution in [0.25, 0.3) is 0 Å². The van der Waals surface area contributed by atoms with Gasteiger partial charge in [0, 0.05) is 24.8 Å². The molecule has 0 aliphatic heterocycles. The smallest absolute Gasteiger partial charge is 0.0765 e. The fourth-order valence-corrected chi connectivity index (χ4v) is 2.51. The van der Waals surface area contributed by atoms with Gasteiger partial charge in [-0.1, -0.05) is 26.0 Å². The highest BCUT2D eigenvalue weighted by Gasteiger charge is 2.17. The number of likely N-dealkylation sites (N-methyl/N-ethyl adjacent to an activating group) is 1. The minimum atomic E-state index is -0.676. The van der Waals surface area contributed by atoms with E-state index >= 15 is 0 Å². The average molecular weight is 278 g/mol. The summed E-state index contributed by atoms with van der Waals surface area (Å²) in [4.78, 5) is 2.21. The van der Waals surface area contributed by atoms with Gasteiger partial charge in [-0.2, -0.15) is 0 Å². The molecule has 0 fully saturated rings. The van der Waals surface area contributed by atoms with Crippen LogP contribution in [0.3, 0.4) is 0 Å². The molecule has 2 N–H and O–H groups in total. The summed E-state index contributed by atoms with van der Waals surface area (Å²) in [6.45, 7) is 12.7. The first-order chi connectivity index (χ1) is 9.41. The molecule has 0 aliphatic rings. The number of rotatable bonds is 8. The van der Waals surface area contributed by atoms with Crippen LogP contribution in [0.4, 0.5) is 5.69 Å². The zero-order chi connectivity index (χ0) is 15.2. The highest BCUT2D eigenvalue weighted by atomic mass is 16.3. The predicted octanol–water partition coefficient (Wildman–Crippen LogP) is 3.34. The molecule has 0 aliphatic carbocycles. The van der Waals surface area contributed by atoms with Crippen LogP contribution < -0.4 is 10.2 Å². The van der Waals surface area contributed by atoms with E-state index in [1.54, 1.807) is 0 Å². The molecule has 1 aromatic carbocycles. The lowest BCUT2D eigenvalue weighted by Gasteiger charge is -2.30. The van der Waals surface area contributed by atoms with Crippen molar-refractivity contribution in [3.05, 3.63) is 29.8 Å². The molecule has 114 valence electrons. The van der Waals surface area contributed by atoms with Crippen molar-refractivity contribution >= 4 is 5.69 Å². The van der Waals surface area contributed by atoms with Gasteiger partial charge in [-0.25, -0.2) is 0 Å². The molecule has 0 aromatic heterocycles. The van der Waals surface area contributed by atoms with Crippen molar-refractivity contribution in [3.63, 3.8) is 0 Å². The van der Waals surface area contributed by atoms with Crippen molar-refractivity contribution in [3.8, 4) is 0 Å². The van der Waals surface area contributed by atoms with Crippen molar-refractivity contribution in [2.24, 2.45) is 0 Å². The fourth-order valence-electron chi connectivity index (χ4n) is 2.51. The Bertz CT molecular complexity index is 381. The lowest BCUT2D eigenvalue weighted by atomic mass is 10.0. The molecule has 0 spiro atoms. The van der Waals surface area contributed by atoms with Gasteiger partial charge in [0.05, 0.1) is 5.60 Å². The second kappa shape index (κ2) is 7.65. The van der Waals surface area contributed by atoms with Crippen LogP contribution in [0.15, 0.2) is 24.3 Å². The molecule has 0 bridgehead atoms. The van der Waals surface area contributed by atoms with Crippen LogP contribution >= 0.6 is 0 Å². The van der Waals surface area contributed by atoms with Gasteiger partial charge in [0.25, 0.3) is 0 Å². The number of benzene rings is 1. The van der Waals surface area contributed by atoms with Gasteiger partial charge in [-0.15, -0.1) is 0 Å². The average Bonchev–Trinajstić information content (AvgIpc) is 2.41. The Balaban J connectivity index is 2.83. The van der Waals surface area contributed by atoms with Crippen molar-refractivity contribution in [1.29, 1.82) is 0 Å². The van der Waals surface area contributed by atoms with Gasteiger partial charge in [0.2, 0.25) is 0 Å². The summed E-state index contributed by atoms with van der Waals surface area (Å²) in [6.07, 6.45) is 1.09. The molecule has 1 rings (SSSR count). The van der Waals surface area contributed by atoms with E-state index in [4.69, 9.17) is 0 Å². The quantitative estimate of drug-likeness (QED) is 0.765. The summed E-state index contributed by atoms with van der Waals surface area (Å²) in [5.74, 6) is 0. The summed E-state index contributed by atoms with van der Waals surface area (Å²) in [5.41, 5.74) is 1.83. The number of nitrogens with one attached hydrogen (secondary N) is 1. The molecule has 1 unspecified atom stereocenters. The van der Waals surface area contributed by atoms with Crippen LogP contribution in [-0.2, 0) is 0 Å². The molecule has 3 nitrogen and oxygen atoms in total. The Kier molecular flexibility index (Phi) is 6.50. The van der Waals surface area contributed by atoms with Gasteiger partial charge in [-0.05, 0) is 51.4 Å². The summed E-state index contributed by atoms with van der Waals surface area (Å²) in [6, 6.07) is 9.13. The molecule has 0 radical (unpaired) electrons. The number of hydrogen-bond acceptors (Lipinski definition) is 3. The molecule has 1 aromatic rings. The van der Waals surface area contributed by atoms with Crippen molar-refractivity contribution < 1.29 is 5.11 Å². The normalized spacial score (nSPS) is 13.3. The molecule has 1 atom stereocenters. The second-order valence-corrected chi connectivity index (χ2v) is 5.94. The van der Waals surface area contributed by atoms with Crippen LogP contribution in [0.2, 0.25) is 0 Å². The molecular formula is C17H30N2O. The van der Waals surface area contributed by atoms with Crippen molar-refractivity contribution in [2.75, 3.05) is 24.5 Å². The maximum atomic E-state index is 9.98. The molecule has 0 heterocycles. The molecule has 0 saturated carbocycles. The first kappa shape index (κ1) is 17.0. The van der Waals surface area contributed by atoms with E-state index in [1.807, 2.05) is 13.8 Å². The lowest BCUT2D eigenvalue weighted by Crippen LogP contribution is -2.38. The van der Waals surface area contributed by atoms with E-state index in [2.05, 4.69) is 55.3 Å². The maximum absolute atomic E-state index is 9.98. The number of aliphatic hydroxyl groups is 1. The highest BCUT2D eigenvalue weighted by Crippen LogP contribution is 2.22. The maximum Gasteiger partial charge on any atom is 0.0765 e. The number of nitrogens with zero attached hydrogens (tertiary/aromatic N) is 1. The van der Waals surface area contributed by atoms with Gasteiger partial charge < -0.3 is 15.3 Å². The third-order valence-corrected chi connectivity index (χ3v) is 3.48. The van der Waals surface area contributed by atoms with Gasteiger partial charge in [0.15, 0.2) is 0 Å². The van der Waals surface area contributed by atoms with E-state index in [-0.39, 0.29) is 0 Å². The van der Waals surface area contributed by atoms with Crippen LogP contribution in [-0.4, -0.2) is 30.3 Å². The topological polar surface area (TPSA) is 35.5 Å². The fraction of sp³-hybridized carbons (Fsp3) is 0.647. The van der Waals surface area contributed by atoms with Crippen molar-refractivity contribution in [2.45, 2.75) is 52.7 Å². The van der Waals surface area contributed by atoms with E-state index in [0.29, 0.717) is 12.6 Å². The zero-order valence-corrected chi connectivity index (χ0v) is 13.6. The molecule has 20 heavy (non-hydrogen) atoms. The third kappa shape index (κ3) is 5.14. The van der Waals surface area contributed by atoms with Crippen LogP contribution in [0, 0.1) is 0 Å². The number of hydrogen-bond donors (Lipinski definition) is 2. The van der Waals surface area contributed by atoms with Crippen molar-refractivity contribution in [1.82, 2.24) is 5.32 Å². The monoisotopic (exact) mass is 278 g/mol. The second-order valence-electron chi connectivity index (χ2n) is 5.94. The first-order valence-electron chi connectivity index (χ1n) is 7.72. The Morgan fingerprint density at radius 1 is 1.15 bits per heavy atom. The Morgan fingerprint density at radius 2 is 1.75 bits per heavy atom. The van der Waals surface area contributed by atoms with Gasteiger partial charge in [0.1, 0.15) is 0 Å². The van der Waals surface area contributed by atoms with E-state index < -0.39 is 5.60 Å². The lowest BCUT2D eigenvalue weighted by molar-refractivity contribution is 0.0876. The Labute approximate surface area is 124 Å². The minimum Gasteiger partial charge on any atom is -0.389 e. The summed E-state index contributed by atoms with van der Waals surface area (Å²) in [7, 11) is 0. The summed E-state index contributed by atoms with van der Waals surface area (Å²) < 4.78 is 0. The molecule has 0 amide bonds. The number of anilines is 1. The van der Waals surface area contributed by atoms with E-state index in [1.165, 1.54) is 11.3 Å². The molecular weight excluding hydrogens is 248 g/mol. The summed E-state index contributed by atoms with van der Waals surface area (Å²) >= 11 is 0. The Morgan fingerprint density at radius 3 is 2.15 bits per heavy atom. The predicted molar refractivity (Wildman–Crippen MR) is 87.3 cm³/mol. The largest absolute Gasteiger partial charge is 0.389 e. The van der Waals surface area contributed by atoms with E-state index in [9.17, 15) is 5.11 Å². The molecule has 3 heteroatoms. The summed E-state index contributed by atoms with van der Waals surface area (Å²) in [5, 5.41) is 13.5. The van der Waals surface area contributed by atoms with Crippen LogP contribution in [0.1, 0.15) is 52.6 Å².